The summed E-state index contributed by atoms with van der Waals surface area (Å²) in [5, 5.41) is 0. The van der Waals surface area contributed by atoms with Gasteiger partial charge in [0.2, 0.25) is 0 Å². The zero-order valence-electron chi connectivity index (χ0n) is 5.65. The molecule has 0 aliphatic carbocycles. The number of hydrogen-bond donors (Lipinski definition) is 0. The molecule has 0 atom stereocenters. The van der Waals surface area contributed by atoms with Crippen LogP contribution in [-0.4, -0.2) is 12.3 Å². The van der Waals surface area contributed by atoms with Crippen LogP contribution in [0.2, 0.25) is 0 Å². The van der Waals surface area contributed by atoms with Crippen molar-refractivity contribution in [3.8, 4) is 0 Å². The highest BCUT2D eigenvalue weighted by Crippen LogP contribution is 2.10. The molecule has 1 heteroatoms. The van der Waals surface area contributed by atoms with E-state index in [0.29, 0.717) is 5.92 Å². The van der Waals surface area contributed by atoms with E-state index in [0.717, 1.165) is 6.54 Å². The summed E-state index contributed by atoms with van der Waals surface area (Å²) < 4.78 is 0. The van der Waals surface area contributed by atoms with Crippen LogP contribution < -0.4 is 0 Å². The Hall–Kier alpha value is -0.330. The van der Waals surface area contributed by atoms with Gasteiger partial charge in [0.15, 0.2) is 0 Å². The number of hydrogen-bond acceptors (Lipinski definition) is 1. The minimum absolute atomic E-state index is 0.692. The van der Waals surface area contributed by atoms with Crippen molar-refractivity contribution in [1.82, 2.24) is 0 Å². The number of rotatable bonds is 1. The molecule has 0 spiro atoms. The molecule has 0 radical (unpaired) electrons. The van der Waals surface area contributed by atoms with Crippen LogP contribution >= 0.6 is 0 Å². The van der Waals surface area contributed by atoms with Gasteiger partial charge in [-0.15, -0.1) is 0 Å². The molecule has 0 saturated heterocycles. The lowest BCUT2D eigenvalue weighted by Crippen LogP contribution is -2.01. The van der Waals surface area contributed by atoms with Crippen LogP contribution in [0.15, 0.2) is 4.99 Å². The third-order valence-electron chi connectivity index (χ3n) is 1.57. The molecule has 0 fully saturated rings. The van der Waals surface area contributed by atoms with E-state index in [4.69, 9.17) is 0 Å². The highest BCUT2D eigenvalue weighted by atomic mass is 14.8. The largest absolute Gasteiger partial charge is 0.294 e. The van der Waals surface area contributed by atoms with E-state index in [1.165, 1.54) is 18.6 Å². The molecule has 0 amide bonds. The molecule has 1 aliphatic rings. The second-order valence-electron chi connectivity index (χ2n) is 2.63. The Morgan fingerprint density at radius 1 is 1.50 bits per heavy atom. The molecule has 1 rings (SSSR count). The van der Waals surface area contributed by atoms with E-state index in [1.807, 2.05) is 0 Å². The normalized spacial score (nSPS) is 19.6. The van der Waals surface area contributed by atoms with Gasteiger partial charge in [-0.1, -0.05) is 13.8 Å². The zero-order chi connectivity index (χ0) is 5.98. The molecule has 0 N–H and O–H groups in total. The van der Waals surface area contributed by atoms with Crippen LogP contribution in [-0.2, 0) is 0 Å². The summed E-state index contributed by atoms with van der Waals surface area (Å²) in [4.78, 5) is 4.35. The van der Waals surface area contributed by atoms with E-state index in [9.17, 15) is 0 Å². The summed E-state index contributed by atoms with van der Waals surface area (Å²) in [5.74, 6) is 0.692. The van der Waals surface area contributed by atoms with E-state index >= 15 is 0 Å². The van der Waals surface area contributed by atoms with Gasteiger partial charge in [-0.05, 0) is 18.8 Å². The molecular formula is C7H13N. The molecule has 0 bridgehead atoms. The topological polar surface area (TPSA) is 12.4 Å². The lowest BCUT2D eigenvalue weighted by molar-refractivity contribution is 0.860. The predicted molar refractivity (Wildman–Crippen MR) is 36.4 cm³/mol. The second kappa shape index (κ2) is 2.29. The maximum absolute atomic E-state index is 4.35. The first-order valence-electron chi connectivity index (χ1n) is 3.34. The standard InChI is InChI=1S/C7H13N/c1-6(2)7-4-3-5-8-7/h6H,3-5H2,1-2H3. The molecule has 8 heavy (non-hydrogen) atoms. The van der Waals surface area contributed by atoms with Crippen molar-refractivity contribution in [2.45, 2.75) is 26.7 Å². The Morgan fingerprint density at radius 3 is 2.50 bits per heavy atom. The van der Waals surface area contributed by atoms with Crippen molar-refractivity contribution in [2.75, 3.05) is 6.54 Å². The van der Waals surface area contributed by atoms with Crippen molar-refractivity contribution < 1.29 is 0 Å². The summed E-state index contributed by atoms with van der Waals surface area (Å²) in [5.41, 5.74) is 1.42. The number of aliphatic imine (C=N–C) groups is 1. The molecule has 1 heterocycles. The monoisotopic (exact) mass is 111 g/mol. The Bertz CT molecular complexity index is 103. The Kier molecular flexibility index (Phi) is 1.66. The molecule has 0 aromatic heterocycles. The van der Waals surface area contributed by atoms with Crippen LogP contribution in [0.3, 0.4) is 0 Å². The van der Waals surface area contributed by atoms with Crippen LogP contribution in [0.25, 0.3) is 0 Å². The minimum Gasteiger partial charge on any atom is -0.294 e. The molecule has 1 aliphatic heterocycles. The first-order valence-corrected chi connectivity index (χ1v) is 3.34. The van der Waals surface area contributed by atoms with E-state index < -0.39 is 0 Å². The molecule has 1 nitrogen and oxygen atoms in total. The molecule has 46 valence electrons. The third kappa shape index (κ3) is 1.09. The molecule has 0 unspecified atom stereocenters. The van der Waals surface area contributed by atoms with Gasteiger partial charge >= 0.3 is 0 Å². The van der Waals surface area contributed by atoms with Gasteiger partial charge in [0, 0.05) is 12.3 Å². The first-order chi connectivity index (χ1) is 3.80. The van der Waals surface area contributed by atoms with Crippen LogP contribution in [0.1, 0.15) is 26.7 Å². The van der Waals surface area contributed by atoms with Gasteiger partial charge in [0.1, 0.15) is 0 Å². The fraction of sp³-hybridized carbons (Fsp3) is 0.857. The molecule has 0 aromatic rings. The molecule has 0 saturated carbocycles. The zero-order valence-corrected chi connectivity index (χ0v) is 5.65. The molecule has 0 aromatic carbocycles. The van der Waals surface area contributed by atoms with Gasteiger partial charge in [0.25, 0.3) is 0 Å². The Labute approximate surface area is 50.8 Å². The first kappa shape index (κ1) is 5.80. The van der Waals surface area contributed by atoms with Crippen molar-refractivity contribution in [3.05, 3.63) is 0 Å². The van der Waals surface area contributed by atoms with Gasteiger partial charge in [-0.2, -0.15) is 0 Å². The third-order valence-corrected chi connectivity index (χ3v) is 1.57. The average molecular weight is 111 g/mol. The van der Waals surface area contributed by atoms with Crippen molar-refractivity contribution in [3.63, 3.8) is 0 Å². The SMILES string of the molecule is CC(C)C1=NCCC1. The van der Waals surface area contributed by atoms with Crippen molar-refractivity contribution in [2.24, 2.45) is 10.9 Å². The summed E-state index contributed by atoms with van der Waals surface area (Å²) in [7, 11) is 0. The fourth-order valence-corrected chi connectivity index (χ4v) is 1.03. The summed E-state index contributed by atoms with van der Waals surface area (Å²) in [6.45, 7) is 5.50. The van der Waals surface area contributed by atoms with Crippen molar-refractivity contribution >= 4 is 5.71 Å². The second-order valence-corrected chi connectivity index (χ2v) is 2.63. The van der Waals surface area contributed by atoms with Crippen LogP contribution in [0, 0.1) is 5.92 Å². The van der Waals surface area contributed by atoms with Gasteiger partial charge in [0.05, 0.1) is 0 Å². The highest BCUT2D eigenvalue weighted by molar-refractivity contribution is 5.87. The maximum atomic E-state index is 4.35. The van der Waals surface area contributed by atoms with Crippen molar-refractivity contribution in [1.29, 1.82) is 0 Å². The lowest BCUT2D eigenvalue weighted by atomic mass is 10.1. The van der Waals surface area contributed by atoms with Crippen LogP contribution in [0.4, 0.5) is 0 Å². The summed E-state index contributed by atoms with van der Waals surface area (Å²) >= 11 is 0. The van der Waals surface area contributed by atoms with Crippen LogP contribution in [0.5, 0.6) is 0 Å². The van der Waals surface area contributed by atoms with Gasteiger partial charge in [-0.25, -0.2) is 0 Å². The maximum Gasteiger partial charge on any atom is 0.0392 e. The summed E-state index contributed by atoms with van der Waals surface area (Å²) in [6.07, 6.45) is 2.53. The van der Waals surface area contributed by atoms with Gasteiger partial charge in [-0.3, -0.25) is 4.99 Å². The minimum atomic E-state index is 0.692. The van der Waals surface area contributed by atoms with E-state index in [-0.39, 0.29) is 0 Å². The number of nitrogens with zero attached hydrogens (tertiary/aromatic N) is 1. The Morgan fingerprint density at radius 2 is 2.25 bits per heavy atom. The Balaban J connectivity index is 2.45. The fourth-order valence-electron chi connectivity index (χ4n) is 1.03. The molecular weight excluding hydrogens is 98.1 g/mol. The predicted octanol–water partition coefficient (Wildman–Crippen LogP) is 1.88. The summed E-state index contributed by atoms with van der Waals surface area (Å²) in [6, 6.07) is 0. The van der Waals surface area contributed by atoms with E-state index in [2.05, 4.69) is 18.8 Å². The average Bonchev–Trinajstić information content (AvgIpc) is 2.12. The quantitative estimate of drug-likeness (QED) is 0.490. The highest BCUT2D eigenvalue weighted by Gasteiger charge is 2.08. The van der Waals surface area contributed by atoms with Gasteiger partial charge < -0.3 is 0 Å². The smallest absolute Gasteiger partial charge is 0.0392 e. The van der Waals surface area contributed by atoms with E-state index in [1.54, 1.807) is 0 Å². The lowest BCUT2D eigenvalue weighted by Gasteiger charge is -2.00.